The highest BCUT2D eigenvalue weighted by molar-refractivity contribution is 5.91. The van der Waals surface area contributed by atoms with Gasteiger partial charge in [0.2, 0.25) is 0 Å². The maximum absolute atomic E-state index is 12.3. The van der Waals surface area contributed by atoms with E-state index in [-0.39, 0.29) is 0 Å². The Morgan fingerprint density at radius 3 is 2.54 bits per heavy atom. The molecular formula is C22H22O4. The third-order valence-electron chi connectivity index (χ3n) is 4.31. The van der Waals surface area contributed by atoms with Gasteiger partial charge in [0.25, 0.3) is 0 Å². The summed E-state index contributed by atoms with van der Waals surface area (Å²) in [4.78, 5) is 23.5. The Bertz CT molecular complexity index is 938. The van der Waals surface area contributed by atoms with E-state index in [9.17, 15) is 9.59 Å². The number of esters is 1. The number of aryl methyl sites for hydroxylation is 1. The summed E-state index contributed by atoms with van der Waals surface area (Å²) in [7, 11) is 0. The van der Waals surface area contributed by atoms with Crippen molar-refractivity contribution in [2.45, 2.75) is 39.0 Å². The van der Waals surface area contributed by atoms with Gasteiger partial charge in [0.15, 0.2) is 0 Å². The minimum absolute atomic E-state index is 0.403. The number of carbonyl (C=O) groups is 1. The van der Waals surface area contributed by atoms with Crippen LogP contribution in [0.25, 0.3) is 11.0 Å². The van der Waals surface area contributed by atoms with Gasteiger partial charge >= 0.3 is 11.6 Å². The normalized spacial score (nSPS) is 10.8. The topological polar surface area (TPSA) is 56.5 Å². The summed E-state index contributed by atoms with van der Waals surface area (Å²) >= 11 is 0. The number of ether oxygens (including phenoxy) is 1. The minimum atomic E-state index is -0.406. The lowest BCUT2D eigenvalue weighted by Crippen LogP contribution is -2.08. The number of unbranched alkanes of at least 4 members (excludes halogenated alkanes) is 3. The summed E-state index contributed by atoms with van der Waals surface area (Å²) in [5.41, 5.74) is 1.81. The SMILES string of the molecule is CCCCCCc1ccc(C(=O)Oc2ccc3oc(=O)ccc3c2)cc1. The molecular weight excluding hydrogens is 328 g/mol. The third kappa shape index (κ3) is 4.60. The van der Waals surface area contributed by atoms with Gasteiger partial charge in [-0.1, -0.05) is 38.3 Å². The van der Waals surface area contributed by atoms with Crippen molar-refractivity contribution >= 4 is 16.9 Å². The van der Waals surface area contributed by atoms with Gasteiger partial charge in [0, 0.05) is 11.5 Å². The highest BCUT2D eigenvalue weighted by Crippen LogP contribution is 2.20. The second-order valence-electron chi connectivity index (χ2n) is 6.35. The lowest BCUT2D eigenvalue weighted by Gasteiger charge is -2.06. The third-order valence-corrected chi connectivity index (χ3v) is 4.31. The molecule has 134 valence electrons. The van der Waals surface area contributed by atoms with Gasteiger partial charge in [-0.3, -0.25) is 0 Å². The van der Waals surface area contributed by atoms with E-state index in [1.165, 1.54) is 37.3 Å². The Hall–Kier alpha value is -2.88. The fourth-order valence-corrected chi connectivity index (χ4v) is 2.84. The first kappa shape index (κ1) is 17.9. The zero-order valence-electron chi connectivity index (χ0n) is 14.9. The Morgan fingerprint density at radius 1 is 0.962 bits per heavy atom. The Labute approximate surface area is 152 Å². The average molecular weight is 350 g/mol. The maximum atomic E-state index is 12.3. The van der Waals surface area contributed by atoms with Crippen LogP contribution in [-0.4, -0.2) is 5.97 Å². The maximum Gasteiger partial charge on any atom is 0.343 e. The summed E-state index contributed by atoms with van der Waals surface area (Å²) in [6.07, 6.45) is 5.93. The molecule has 4 nitrogen and oxygen atoms in total. The quantitative estimate of drug-likeness (QED) is 0.256. The molecule has 0 bridgehead atoms. The molecule has 26 heavy (non-hydrogen) atoms. The predicted octanol–water partition coefficient (Wildman–Crippen LogP) is 5.14. The van der Waals surface area contributed by atoms with Crippen LogP contribution >= 0.6 is 0 Å². The van der Waals surface area contributed by atoms with Gasteiger partial charge in [-0.25, -0.2) is 9.59 Å². The summed E-state index contributed by atoms with van der Waals surface area (Å²) < 4.78 is 10.5. The Morgan fingerprint density at radius 2 is 1.77 bits per heavy atom. The van der Waals surface area contributed by atoms with E-state index in [0.717, 1.165) is 6.42 Å². The van der Waals surface area contributed by atoms with Gasteiger partial charge < -0.3 is 9.15 Å². The van der Waals surface area contributed by atoms with Crippen LogP contribution in [0.3, 0.4) is 0 Å². The van der Waals surface area contributed by atoms with Gasteiger partial charge in [-0.15, -0.1) is 0 Å². The first-order chi connectivity index (χ1) is 12.7. The molecule has 0 saturated carbocycles. The van der Waals surface area contributed by atoms with E-state index in [4.69, 9.17) is 9.15 Å². The van der Waals surface area contributed by atoms with Crippen molar-refractivity contribution in [2.24, 2.45) is 0 Å². The largest absolute Gasteiger partial charge is 0.423 e. The smallest absolute Gasteiger partial charge is 0.343 e. The Balaban J connectivity index is 1.64. The van der Waals surface area contributed by atoms with Crippen molar-refractivity contribution in [3.63, 3.8) is 0 Å². The van der Waals surface area contributed by atoms with Crippen molar-refractivity contribution in [2.75, 3.05) is 0 Å². The van der Waals surface area contributed by atoms with Crippen molar-refractivity contribution in [3.05, 3.63) is 76.1 Å². The molecule has 4 heteroatoms. The summed E-state index contributed by atoms with van der Waals surface area (Å²) in [5.74, 6) is 0.0132. The predicted molar refractivity (Wildman–Crippen MR) is 102 cm³/mol. The number of carbonyl (C=O) groups excluding carboxylic acids is 1. The van der Waals surface area contributed by atoms with Crippen LogP contribution in [0, 0.1) is 0 Å². The van der Waals surface area contributed by atoms with Gasteiger partial charge in [0.1, 0.15) is 11.3 Å². The first-order valence-corrected chi connectivity index (χ1v) is 9.01. The molecule has 0 radical (unpaired) electrons. The monoisotopic (exact) mass is 350 g/mol. The highest BCUT2D eigenvalue weighted by atomic mass is 16.5. The molecule has 3 aromatic rings. The second kappa shape index (κ2) is 8.48. The van der Waals surface area contributed by atoms with Crippen LogP contribution in [0.1, 0.15) is 48.5 Å². The molecule has 0 atom stereocenters. The van der Waals surface area contributed by atoms with Crippen LogP contribution in [0.15, 0.2) is 63.8 Å². The average Bonchev–Trinajstić information content (AvgIpc) is 2.66. The van der Waals surface area contributed by atoms with Crippen LogP contribution < -0.4 is 10.4 Å². The van der Waals surface area contributed by atoms with Crippen molar-refractivity contribution in [1.82, 2.24) is 0 Å². The number of fused-ring (bicyclic) bond motifs is 1. The first-order valence-electron chi connectivity index (χ1n) is 9.01. The summed E-state index contributed by atoms with van der Waals surface area (Å²) in [6, 6.07) is 15.5. The van der Waals surface area contributed by atoms with Crippen LogP contribution in [0.2, 0.25) is 0 Å². The van der Waals surface area contributed by atoms with Crippen molar-refractivity contribution < 1.29 is 13.9 Å². The highest BCUT2D eigenvalue weighted by Gasteiger charge is 2.09. The van der Waals surface area contributed by atoms with E-state index >= 15 is 0 Å². The van der Waals surface area contributed by atoms with Crippen LogP contribution in [0.5, 0.6) is 5.75 Å². The van der Waals surface area contributed by atoms with Crippen LogP contribution in [0.4, 0.5) is 0 Å². The number of hydrogen-bond donors (Lipinski definition) is 0. The zero-order valence-corrected chi connectivity index (χ0v) is 14.9. The molecule has 0 aliphatic rings. The standard InChI is InChI=1S/C22H22O4/c1-2-3-4-5-6-16-7-9-17(10-8-16)22(24)25-19-12-13-20-18(15-19)11-14-21(23)26-20/h7-15H,2-6H2,1H3. The van der Waals surface area contributed by atoms with Gasteiger partial charge in [0.05, 0.1) is 5.56 Å². The molecule has 3 rings (SSSR count). The fraction of sp³-hybridized carbons (Fsp3) is 0.273. The summed E-state index contributed by atoms with van der Waals surface area (Å²) in [5, 5.41) is 0.706. The molecule has 0 N–H and O–H groups in total. The van der Waals surface area contributed by atoms with E-state index in [1.54, 1.807) is 36.4 Å². The zero-order chi connectivity index (χ0) is 18.4. The van der Waals surface area contributed by atoms with E-state index in [1.807, 2.05) is 12.1 Å². The number of rotatable bonds is 7. The number of benzene rings is 2. The van der Waals surface area contributed by atoms with Crippen molar-refractivity contribution in [1.29, 1.82) is 0 Å². The minimum Gasteiger partial charge on any atom is -0.423 e. The molecule has 0 aliphatic carbocycles. The van der Waals surface area contributed by atoms with Crippen molar-refractivity contribution in [3.8, 4) is 5.75 Å². The fourth-order valence-electron chi connectivity index (χ4n) is 2.84. The lowest BCUT2D eigenvalue weighted by molar-refractivity contribution is 0.0735. The molecule has 0 fully saturated rings. The molecule has 0 saturated heterocycles. The van der Waals surface area contributed by atoms with Gasteiger partial charge in [-0.2, -0.15) is 0 Å². The molecule has 2 aromatic carbocycles. The molecule has 1 aromatic heterocycles. The molecule has 0 unspecified atom stereocenters. The lowest BCUT2D eigenvalue weighted by atomic mass is 10.0. The van der Waals surface area contributed by atoms with E-state index in [2.05, 4.69) is 6.92 Å². The molecule has 0 amide bonds. The molecule has 0 spiro atoms. The van der Waals surface area contributed by atoms with Crippen LogP contribution in [-0.2, 0) is 6.42 Å². The molecule has 0 aliphatic heterocycles. The van der Waals surface area contributed by atoms with E-state index in [0.29, 0.717) is 22.3 Å². The van der Waals surface area contributed by atoms with E-state index < -0.39 is 11.6 Å². The molecule has 1 heterocycles. The Kier molecular flexibility index (Phi) is 5.84. The number of hydrogen-bond acceptors (Lipinski definition) is 4. The summed E-state index contributed by atoms with van der Waals surface area (Å²) in [6.45, 7) is 2.20. The second-order valence-corrected chi connectivity index (χ2v) is 6.35. The van der Waals surface area contributed by atoms with Gasteiger partial charge in [-0.05, 0) is 54.8 Å².